The number of fused-ring (bicyclic) bond motifs is 1. The van der Waals surface area contributed by atoms with Crippen LogP contribution >= 0.6 is 11.6 Å². The lowest BCUT2D eigenvalue weighted by molar-refractivity contribution is 0.0910. The molecule has 0 spiro atoms. The lowest BCUT2D eigenvalue weighted by Crippen LogP contribution is -2.39. The SMILES string of the molecule is O=C(N[C@H](CO)Cc1ccccc1)c1n[nH]c2c1CCCCC2Cc1cccc(Cl)c1. The van der Waals surface area contributed by atoms with Gasteiger partial charge >= 0.3 is 0 Å². The van der Waals surface area contributed by atoms with Crippen LogP contribution in [0.15, 0.2) is 54.6 Å². The molecule has 162 valence electrons. The monoisotopic (exact) mass is 437 g/mol. The molecule has 1 heterocycles. The minimum atomic E-state index is -0.352. The average Bonchev–Trinajstić information content (AvgIpc) is 3.10. The highest BCUT2D eigenvalue weighted by molar-refractivity contribution is 6.30. The lowest BCUT2D eigenvalue weighted by atomic mass is 9.91. The highest BCUT2D eigenvalue weighted by Crippen LogP contribution is 2.33. The first kappa shape index (κ1) is 21.6. The third-order valence-corrected chi connectivity index (χ3v) is 6.24. The van der Waals surface area contributed by atoms with Crippen LogP contribution in [-0.2, 0) is 19.3 Å². The number of aromatic amines is 1. The summed E-state index contributed by atoms with van der Waals surface area (Å²) in [4.78, 5) is 13.0. The summed E-state index contributed by atoms with van der Waals surface area (Å²) >= 11 is 6.17. The van der Waals surface area contributed by atoms with Gasteiger partial charge in [0.15, 0.2) is 5.69 Å². The number of aliphatic hydroxyl groups excluding tert-OH is 1. The van der Waals surface area contributed by atoms with Crippen LogP contribution in [0.4, 0.5) is 0 Å². The van der Waals surface area contributed by atoms with Crippen LogP contribution in [0.3, 0.4) is 0 Å². The molecular formula is C25H28ClN3O2. The van der Waals surface area contributed by atoms with Crippen molar-refractivity contribution in [2.24, 2.45) is 0 Å². The molecule has 5 nitrogen and oxygen atoms in total. The molecule has 0 radical (unpaired) electrons. The Hall–Kier alpha value is -2.63. The van der Waals surface area contributed by atoms with E-state index in [9.17, 15) is 9.90 Å². The largest absolute Gasteiger partial charge is 0.394 e. The molecule has 3 N–H and O–H groups in total. The third-order valence-electron chi connectivity index (χ3n) is 6.00. The number of hydrogen-bond donors (Lipinski definition) is 3. The molecule has 3 aromatic rings. The Morgan fingerprint density at radius 1 is 1.16 bits per heavy atom. The molecule has 4 rings (SSSR count). The maximum Gasteiger partial charge on any atom is 0.272 e. The quantitative estimate of drug-likeness (QED) is 0.478. The van der Waals surface area contributed by atoms with E-state index < -0.39 is 0 Å². The zero-order valence-electron chi connectivity index (χ0n) is 17.5. The molecule has 0 fully saturated rings. The summed E-state index contributed by atoms with van der Waals surface area (Å²) in [6, 6.07) is 17.5. The molecule has 0 bridgehead atoms. The van der Waals surface area contributed by atoms with E-state index in [0.29, 0.717) is 12.1 Å². The lowest BCUT2D eigenvalue weighted by Gasteiger charge is -2.17. The van der Waals surface area contributed by atoms with Gasteiger partial charge in [-0.25, -0.2) is 0 Å². The zero-order valence-corrected chi connectivity index (χ0v) is 18.2. The number of hydrogen-bond acceptors (Lipinski definition) is 3. The predicted molar refractivity (Wildman–Crippen MR) is 123 cm³/mol. The van der Waals surface area contributed by atoms with Gasteiger partial charge in [0.1, 0.15) is 0 Å². The summed E-state index contributed by atoms with van der Waals surface area (Å²) in [5.74, 6) is 0.0545. The van der Waals surface area contributed by atoms with Gasteiger partial charge in [-0.1, -0.05) is 60.5 Å². The minimum Gasteiger partial charge on any atom is -0.394 e. The van der Waals surface area contributed by atoms with Gasteiger partial charge in [0.25, 0.3) is 5.91 Å². The summed E-state index contributed by atoms with van der Waals surface area (Å²) in [5.41, 5.74) is 4.79. The Bertz CT molecular complexity index is 1020. The number of nitrogens with zero attached hydrogens (tertiary/aromatic N) is 1. The summed E-state index contributed by atoms with van der Waals surface area (Å²) in [7, 11) is 0. The first-order valence-electron chi connectivity index (χ1n) is 10.9. The number of H-pyrrole nitrogens is 1. The second kappa shape index (κ2) is 10.1. The van der Waals surface area contributed by atoms with Crippen molar-refractivity contribution >= 4 is 17.5 Å². The molecule has 6 heteroatoms. The van der Waals surface area contributed by atoms with E-state index in [1.165, 1.54) is 5.56 Å². The fraction of sp³-hybridized carbons (Fsp3) is 0.360. The normalized spacial score (nSPS) is 16.9. The predicted octanol–water partition coefficient (Wildman–Crippen LogP) is 4.45. The number of amides is 1. The second-order valence-electron chi connectivity index (χ2n) is 8.28. The van der Waals surface area contributed by atoms with Crippen molar-refractivity contribution < 1.29 is 9.90 Å². The van der Waals surface area contributed by atoms with E-state index in [1.54, 1.807) is 0 Å². The molecule has 1 aromatic heterocycles. The van der Waals surface area contributed by atoms with E-state index in [0.717, 1.165) is 53.9 Å². The van der Waals surface area contributed by atoms with Crippen LogP contribution in [0.25, 0.3) is 0 Å². The van der Waals surface area contributed by atoms with Crippen molar-refractivity contribution in [2.75, 3.05) is 6.61 Å². The Labute approximate surface area is 187 Å². The molecule has 0 aliphatic heterocycles. The van der Waals surface area contributed by atoms with Gasteiger partial charge in [0.2, 0.25) is 0 Å². The number of carbonyl (C=O) groups excluding carboxylic acids is 1. The summed E-state index contributed by atoms with van der Waals surface area (Å²) in [5, 5.41) is 21.1. The average molecular weight is 438 g/mol. The maximum absolute atomic E-state index is 13.0. The van der Waals surface area contributed by atoms with Crippen LogP contribution in [0.2, 0.25) is 5.02 Å². The van der Waals surface area contributed by atoms with Crippen molar-refractivity contribution in [2.45, 2.75) is 50.5 Å². The number of aromatic nitrogens is 2. The van der Waals surface area contributed by atoms with Gasteiger partial charge in [0, 0.05) is 22.2 Å². The molecule has 0 saturated heterocycles. The van der Waals surface area contributed by atoms with Crippen molar-refractivity contribution in [3.8, 4) is 0 Å². The first-order valence-corrected chi connectivity index (χ1v) is 11.3. The topological polar surface area (TPSA) is 78.0 Å². The van der Waals surface area contributed by atoms with Crippen molar-refractivity contribution in [1.29, 1.82) is 0 Å². The van der Waals surface area contributed by atoms with Crippen molar-refractivity contribution in [3.63, 3.8) is 0 Å². The van der Waals surface area contributed by atoms with Gasteiger partial charge in [-0.2, -0.15) is 5.10 Å². The highest BCUT2D eigenvalue weighted by Gasteiger charge is 2.27. The number of rotatable bonds is 7. The smallest absolute Gasteiger partial charge is 0.272 e. The van der Waals surface area contributed by atoms with Crippen LogP contribution in [0, 0.1) is 0 Å². The fourth-order valence-electron chi connectivity index (χ4n) is 4.46. The molecular weight excluding hydrogens is 410 g/mol. The van der Waals surface area contributed by atoms with Gasteiger partial charge in [-0.15, -0.1) is 0 Å². The van der Waals surface area contributed by atoms with Crippen molar-refractivity contribution in [1.82, 2.24) is 15.5 Å². The molecule has 2 atom stereocenters. The Morgan fingerprint density at radius 3 is 2.74 bits per heavy atom. The van der Waals surface area contributed by atoms with Crippen LogP contribution in [0.5, 0.6) is 0 Å². The molecule has 1 aliphatic carbocycles. The Kier molecular flexibility index (Phi) is 7.05. The molecule has 1 unspecified atom stereocenters. The van der Waals surface area contributed by atoms with E-state index in [2.05, 4.69) is 21.6 Å². The van der Waals surface area contributed by atoms with Crippen LogP contribution < -0.4 is 5.32 Å². The van der Waals surface area contributed by atoms with E-state index in [-0.39, 0.29) is 24.5 Å². The highest BCUT2D eigenvalue weighted by atomic mass is 35.5. The Balaban J connectivity index is 1.50. The summed E-state index contributed by atoms with van der Waals surface area (Å²) < 4.78 is 0. The summed E-state index contributed by atoms with van der Waals surface area (Å²) in [6.07, 6.45) is 5.48. The van der Waals surface area contributed by atoms with E-state index >= 15 is 0 Å². The number of halogens is 1. The molecule has 2 aromatic carbocycles. The number of nitrogens with one attached hydrogen (secondary N) is 2. The maximum atomic E-state index is 13.0. The zero-order chi connectivity index (χ0) is 21.6. The number of carbonyl (C=O) groups is 1. The van der Waals surface area contributed by atoms with Gasteiger partial charge in [-0.05, 0) is 55.4 Å². The van der Waals surface area contributed by atoms with E-state index in [1.807, 2.05) is 48.5 Å². The van der Waals surface area contributed by atoms with Gasteiger partial charge < -0.3 is 10.4 Å². The number of aliphatic hydroxyl groups is 1. The van der Waals surface area contributed by atoms with Gasteiger partial charge in [-0.3, -0.25) is 9.89 Å². The molecule has 1 amide bonds. The fourth-order valence-corrected chi connectivity index (χ4v) is 4.67. The molecule has 0 saturated carbocycles. The first-order chi connectivity index (χ1) is 15.1. The number of benzene rings is 2. The van der Waals surface area contributed by atoms with Crippen molar-refractivity contribution in [3.05, 3.63) is 87.7 Å². The molecule has 31 heavy (non-hydrogen) atoms. The van der Waals surface area contributed by atoms with E-state index in [4.69, 9.17) is 11.6 Å². The third kappa shape index (κ3) is 5.35. The Morgan fingerprint density at radius 2 is 1.97 bits per heavy atom. The van der Waals surface area contributed by atoms with Gasteiger partial charge in [0.05, 0.1) is 12.6 Å². The minimum absolute atomic E-state index is 0.120. The second-order valence-corrected chi connectivity index (χ2v) is 8.72. The molecule has 1 aliphatic rings. The standard InChI is InChI=1S/C25H28ClN3O2/c26-20-11-6-9-18(14-20)13-19-10-4-5-12-22-23(19)28-29-24(22)25(31)27-21(16-30)15-17-7-2-1-3-8-17/h1-3,6-9,11,14,19,21,30H,4-5,10,12-13,15-16H2,(H,27,31)(H,28,29)/t19?,21-/m0/s1. The van der Waals surface area contributed by atoms with Crippen LogP contribution in [-0.4, -0.2) is 33.9 Å². The van der Waals surface area contributed by atoms with Crippen LogP contribution in [0.1, 0.15) is 58.1 Å². The summed E-state index contributed by atoms with van der Waals surface area (Å²) in [6.45, 7) is -0.120.